The standard InChI is InChI=1S/C20H18N2O3/c1-2-8-15-14-11-6-7-12-16(14)21-18(20(24)25)17(15)22-19(23)13-9-4-3-5-10-13/h3-7,9-12H,2,8H2,1H3,(H,22,23)(H,24,25). The number of carboxylic acids is 1. The second kappa shape index (κ2) is 7.13. The Balaban J connectivity index is 2.17. The zero-order valence-corrected chi connectivity index (χ0v) is 13.8. The number of pyridine rings is 1. The first-order chi connectivity index (χ1) is 12.1. The number of anilines is 1. The van der Waals surface area contributed by atoms with E-state index in [0.717, 1.165) is 17.4 Å². The molecule has 2 aromatic carbocycles. The Hall–Kier alpha value is -3.21. The van der Waals surface area contributed by atoms with Gasteiger partial charge >= 0.3 is 5.97 Å². The summed E-state index contributed by atoms with van der Waals surface area (Å²) in [5.74, 6) is -1.51. The molecule has 5 heteroatoms. The maximum absolute atomic E-state index is 12.5. The summed E-state index contributed by atoms with van der Waals surface area (Å²) in [5, 5.41) is 13.2. The summed E-state index contributed by atoms with van der Waals surface area (Å²) in [6, 6.07) is 16.1. The van der Waals surface area contributed by atoms with Crippen LogP contribution in [0, 0.1) is 0 Å². The lowest BCUT2D eigenvalue weighted by atomic mass is 10.0. The average molecular weight is 334 g/mol. The van der Waals surface area contributed by atoms with Crippen molar-refractivity contribution in [2.24, 2.45) is 0 Å². The third kappa shape index (κ3) is 3.35. The van der Waals surface area contributed by atoms with Crippen molar-refractivity contribution in [1.82, 2.24) is 4.98 Å². The van der Waals surface area contributed by atoms with E-state index in [4.69, 9.17) is 0 Å². The molecule has 0 fully saturated rings. The molecule has 5 nitrogen and oxygen atoms in total. The largest absolute Gasteiger partial charge is 0.476 e. The first-order valence-corrected chi connectivity index (χ1v) is 8.13. The molecule has 1 heterocycles. The molecule has 1 amide bonds. The lowest BCUT2D eigenvalue weighted by Gasteiger charge is -2.16. The van der Waals surface area contributed by atoms with Crippen molar-refractivity contribution in [3.63, 3.8) is 0 Å². The van der Waals surface area contributed by atoms with Gasteiger partial charge in [-0.05, 0) is 30.2 Å². The Bertz CT molecular complexity index is 936. The van der Waals surface area contributed by atoms with Gasteiger partial charge in [-0.1, -0.05) is 49.7 Å². The van der Waals surface area contributed by atoms with Gasteiger partial charge in [0.2, 0.25) is 0 Å². The van der Waals surface area contributed by atoms with Gasteiger partial charge in [0.15, 0.2) is 5.69 Å². The summed E-state index contributed by atoms with van der Waals surface area (Å²) in [6.45, 7) is 2.01. The maximum atomic E-state index is 12.5. The number of nitrogens with zero attached hydrogens (tertiary/aromatic N) is 1. The summed E-state index contributed by atoms with van der Waals surface area (Å²) in [6.07, 6.45) is 1.47. The summed E-state index contributed by atoms with van der Waals surface area (Å²) in [7, 11) is 0. The van der Waals surface area contributed by atoms with E-state index >= 15 is 0 Å². The van der Waals surface area contributed by atoms with Crippen LogP contribution in [0.3, 0.4) is 0 Å². The van der Waals surface area contributed by atoms with Crippen LogP contribution in [0.15, 0.2) is 54.6 Å². The molecule has 1 aromatic heterocycles. The minimum Gasteiger partial charge on any atom is -0.476 e. The molecule has 2 N–H and O–H groups in total. The number of fused-ring (bicyclic) bond motifs is 1. The van der Waals surface area contributed by atoms with E-state index in [1.807, 2.05) is 31.2 Å². The molecule has 3 rings (SSSR count). The van der Waals surface area contributed by atoms with Gasteiger partial charge in [0, 0.05) is 10.9 Å². The molecule has 0 spiro atoms. The Morgan fingerprint density at radius 1 is 1.04 bits per heavy atom. The van der Waals surface area contributed by atoms with Gasteiger partial charge < -0.3 is 10.4 Å². The molecule has 0 atom stereocenters. The van der Waals surface area contributed by atoms with Crippen LogP contribution in [0.4, 0.5) is 5.69 Å². The van der Waals surface area contributed by atoms with E-state index in [-0.39, 0.29) is 17.3 Å². The van der Waals surface area contributed by atoms with Crippen LogP contribution < -0.4 is 5.32 Å². The molecule has 3 aromatic rings. The van der Waals surface area contributed by atoms with Crippen molar-refractivity contribution in [1.29, 1.82) is 0 Å². The third-order valence-corrected chi connectivity index (χ3v) is 3.98. The fraction of sp³-hybridized carbons (Fsp3) is 0.150. The number of carboxylic acid groups (broad SMARTS) is 1. The van der Waals surface area contributed by atoms with Gasteiger partial charge in [0.05, 0.1) is 11.2 Å². The Morgan fingerprint density at radius 2 is 1.72 bits per heavy atom. The number of amides is 1. The van der Waals surface area contributed by atoms with Crippen LogP contribution in [0.5, 0.6) is 0 Å². The fourth-order valence-corrected chi connectivity index (χ4v) is 2.85. The quantitative estimate of drug-likeness (QED) is 0.735. The smallest absolute Gasteiger partial charge is 0.356 e. The van der Waals surface area contributed by atoms with E-state index in [2.05, 4.69) is 10.3 Å². The molecule has 126 valence electrons. The molecule has 0 bridgehead atoms. The number of rotatable bonds is 5. The molecule has 25 heavy (non-hydrogen) atoms. The summed E-state index contributed by atoms with van der Waals surface area (Å²) >= 11 is 0. The third-order valence-electron chi connectivity index (χ3n) is 3.98. The number of hydrogen-bond donors (Lipinski definition) is 2. The number of carbonyl (C=O) groups excluding carboxylic acids is 1. The van der Waals surface area contributed by atoms with Crippen LogP contribution in [0.2, 0.25) is 0 Å². The van der Waals surface area contributed by atoms with E-state index in [1.54, 1.807) is 30.3 Å². The van der Waals surface area contributed by atoms with E-state index in [9.17, 15) is 14.7 Å². The van der Waals surface area contributed by atoms with Crippen molar-refractivity contribution >= 4 is 28.5 Å². The highest BCUT2D eigenvalue weighted by atomic mass is 16.4. The van der Waals surface area contributed by atoms with Gasteiger partial charge in [-0.25, -0.2) is 9.78 Å². The number of aromatic nitrogens is 1. The second-order valence-electron chi connectivity index (χ2n) is 5.71. The van der Waals surface area contributed by atoms with Crippen LogP contribution >= 0.6 is 0 Å². The SMILES string of the molecule is CCCc1c(NC(=O)c2ccccc2)c(C(=O)O)nc2ccccc12. The van der Waals surface area contributed by atoms with E-state index in [1.165, 1.54) is 0 Å². The minimum atomic E-state index is -1.16. The average Bonchev–Trinajstić information content (AvgIpc) is 2.63. The molecule has 0 saturated heterocycles. The van der Waals surface area contributed by atoms with Crippen LogP contribution in [-0.4, -0.2) is 22.0 Å². The minimum absolute atomic E-state index is 0.133. The second-order valence-corrected chi connectivity index (χ2v) is 5.71. The fourth-order valence-electron chi connectivity index (χ4n) is 2.85. The maximum Gasteiger partial charge on any atom is 0.356 e. The summed E-state index contributed by atoms with van der Waals surface area (Å²) in [5.41, 5.74) is 2.03. The first kappa shape index (κ1) is 16.6. The van der Waals surface area contributed by atoms with E-state index in [0.29, 0.717) is 17.5 Å². The van der Waals surface area contributed by atoms with Crippen LogP contribution in [-0.2, 0) is 6.42 Å². The normalized spacial score (nSPS) is 10.6. The predicted octanol–water partition coefficient (Wildman–Crippen LogP) is 4.14. The van der Waals surface area contributed by atoms with Crippen molar-refractivity contribution < 1.29 is 14.7 Å². The number of hydrogen-bond acceptors (Lipinski definition) is 3. The Kier molecular flexibility index (Phi) is 4.75. The highest BCUT2D eigenvalue weighted by molar-refractivity contribution is 6.09. The van der Waals surface area contributed by atoms with Gasteiger partial charge in [-0.3, -0.25) is 4.79 Å². The molecular weight excluding hydrogens is 316 g/mol. The number of benzene rings is 2. The summed E-state index contributed by atoms with van der Waals surface area (Å²) < 4.78 is 0. The monoisotopic (exact) mass is 334 g/mol. The van der Waals surface area contributed by atoms with Crippen molar-refractivity contribution in [2.45, 2.75) is 19.8 Å². The lowest BCUT2D eigenvalue weighted by Crippen LogP contribution is -2.18. The number of aromatic carboxylic acids is 1. The first-order valence-electron chi connectivity index (χ1n) is 8.13. The van der Waals surface area contributed by atoms with Crippen molar-refractivity contribution in [3.05, 3.63) is 71.4 Å². The zero-order chi connectivity index (χ0) is 17.8. The number of nitrogens with one attached hydrogen (secondary N) is 1. The highest BCUT2D eigenvalue weighted by Gasteiger charge is 2.21. The molecule has 0 radical (unpaired) electrons. The zero-order valence-electron chi connectivity index (χ0n) is 13.8. The Morgan fingerprint density at radius 3 is 2.40 bits per heavy atom. The molecular formula is C20H18N2O3. The predicted molar refractivity (Wildman–Crippen MR) is 97.1 cm³/mol. The number of carbonyl (C=O) groups is 2. The van der Waals surface area contributed by atoms with Crippen molar-refractivity contribution in [3.8, 4) is 0 Å². The van der Waals surface area contributed by atoms with Gasteiger partial charge in [-0.15, -0.1) is 0 Å². The topological polar surface area (TPSA) is 79.3 Å². The molecule has 0 saturated carbocycles. The van der Waals surface area contributed by atoms with Crippen molar-refractivity contribution in [2.75, 3.05) is 5.32 Å². The summed E-state index contributed by atoms with van der Waals surface area (Å²) in [4.78, 5) is 28.5. The lowest BCUT2D eigenvalue weighted by molar-refractivity contribution is 0.0692. The number of para-hydroxylation sites is 1. The molecule has 0 unspecified atom stereocenters. The van der Waals surface area contributed by atoms with Gasteiger partial charge in [0.1, 0.15) is 0 Å². The molecule has 0 aliphatic heterocycles. The van der Waals surface area contributed by atoms with Gasteiger partial charge in [-0.2, -0.15) is 0 Å². The molecule has 0 aliphatic carbocycles. The number of aryl methyl sites for hydroxylation is 1. The van der Waals surface area contributed by atoms with Crippen LogP contribution in [0.1, 0.15) is 39.8 Å². The molecule has 0 aliphatic rings. The van der Waals surface area contributed by atoms with Crippen LogP contribution in [0.25, 0.3) is 10.9 Å². The van der Waals surface area contributed by atoms with E-state index < -0.39 is 5.97 Å². The Labute approximate surface area is 145 Å². The van der Waals surface area contributed by atoms with Gasteiger partial charge in [0.25, 0.3) is 5.91 Å². The highest BCUT2D eigenvalue weighted by Crippen LogP contribution is 2.30.